The highest BCUT2D eigenvalue weighted by atomic mass is 32.1. The second-order valence-electron chi connectivity index (χ2n) is 6.25. The van der Waals surface area contributed by atoms with Crippen LogP contribution in [0.3, 0.4) is 0 Å². The minimum atomic E-state index is -0.254. The number of nitrogen functional groups attached to an aromatic ring is 1. The van der Waals surface area contributed by atoms with Crippen LogP contribution in [-0.2, 0) is 17.6 Å². The van der Waals surface area contributed by atoms with E-state index in [-0.39, 0.29) is 5.97 Å². The van der Waals surface area contributed by atoms with Crippen molar-refractivity contribution in [1.29, 1.82) is 0 Å². The van der Waals surface area contributed by atoms with Gasteiger partial charge < -0.3 is 10.5 Å². The number of hydrogen-bond donors (Lipinski definition) is 1. The summed E-state index contributed by atoms with van der Waals surface area (Å²) in [7, 11) is 0. The second-order valence-corrected chi connectivity index (χ2v) is 7.38. The van der Waals surface area contributed by atoms with Crippen LogP contribution in [-0.4, -0.2) is 12.6 Å². The van der Waals surface area contributed by atoms with Gasteiger partial charge in [0, 0.05) is 4.88 Å². The van der Waals surface area contributed by atoms with Crippen LogP contribution in [0.4, 0.5) is 5.00 Å². The molecule has 1 unspecified atom stereocenters. The summed E-state index contributed by atoms with van der Waals surface area (Å²) < 4.78 is 5.14. The van der Waals surface area contributed by atoms with Crippen LogP contribution < -0.4 is 5.73 Å². The zero-order chi connectivity index (χ0) is 14.9. The Morgan fingerprint density at radius 2 is 2.15 bits per heavy atom. The van der Waals surface area contributed by atoms with Gasteiger partial charge in [-0.3, -0.25) is 0 Å². The van der Waals surface area contributed by atoms with E-state index in [1.807, 2.05) is 6.92 Å². The molecule has 2 rings (SSSR count). The Kier molecular flexibility index (Phi) is 4.43. The van der Waals surface area contributed by atoms with Gasteiger partial charge in [0.2, 0.25) is 0 Å². The van der Waals surface area contributed by atoms with E-state index in [9.17, 15) is 4.79 Å². The van der Waals surface area contributed by atoms with Gasteiger partial charge in [0.25, 0.3) is 0 Å². The molecular formula is C16H25NO2S. The summed E-state index contributed by atoms with van der Waals surface area (Å²) in [4.78, 5) is 13.3. The lowest BCUT2D eigenvalue weighted by Crippen LogP contribution is -2.28. The largest absolute Gasteiger partial charge is 0.462 e. The molecule has 1 atom stereocenters. The van der Waals surface area contributed by atoms with Gasteiger partial charge >= 0.3 is 5.97 Å². The maximum atomic E-state index is 12.0. The Balaban J connectivity index is 2.28. The van der Waals surface area contributed by atoms with Gasteiger partial charge in [0.05, 0.1) is 12.2 Å². The first-order valence-electron chi connectivity index (χ1n) is 7.47. The highest BCUT2D eigenvalue weighted by Crippen LogP contribution is 2.44. The summed E-state index contributed by atoms with van der Waals surface area (Å²) in [6, 6.07) is 0. The fourth-order valence-electron chi connectivity index (χ4n) is 2.99. The van der Waals surface area contributed by atoms with Gasteiger partial charge in [-0.25, -0.2) is 4.79 Å². The number of ether oxygens (including phenoxy) is 1. The van der Waals surface area contributed by atoms with Crippen LogP contribution in [0.2, 0.25) is 0 Å². The predicted octanol–water partition coefficient (Wildman–Crippen LogP) is 4.05. The molecule has 1 heterocycles. The fraction of sp³-hybridized carbons (Fsp3) is 0.688. The Morgan fingerprint density at radius 1 is 1.45 bits per heavy atom. The van der Waals surface area contributed by atoms with Crippen LogP contribution in [0.1, 0.15) is 61.3 Å². The lowest BCUT2D eigenvalue weighted by molar-refractivity contribution is 0.0526. The third-order valence-corrected chi connectivity index (χ3v) is 5.87. The van der Waals surface area contributed by atoms with Crippen LogP contribution in [0.15, 0.2) is 0 Å². The molecule has 0 aliphatic heterocycles. The number of rotatable bonds is 4. The normalized spacial score (nSPS) is 18.7. The molecular weight excluding hydrogens is 270 g/mol. The molecule has 0 spiro atoms. The van der Waals surface area contributed by atoms with Crippen molar-refractivity contribution in [2.75, 3.05) is 12.3 Å². The molecule has 0 radical (unpaired) electrons. The fourth-order valence-corrected chi connectivity index (χ4v) is 4.18. The van der Waals surface area contributed by atoms with E-state index in [1.165, 1.54) is 11.3 Å². The standard InChI is InChI=1S/C16H25NO2S/c1-5-16(3,4)10-7-8-11-12(9-10)20-14(17)13(11)15(18)19-6-2/h10H,5-9,17H2,1-4H3. The SMILES string of the molecule is CCOC(=O)c1c(N)sc2c1CCC(C(C)(C)CC)C2. The van der Waals surface area contributed by atoms with Crippen LogP contribution in [0.25, 0.3) is 0 Å². The third kappa shape index (κ3) is 2.71. The molecule has 0 aromatic carbocycles. The Labute approximate surface area is 125 Å². The van der Waals surface area contributed by atoms with Gasteiger partial charge in [0.1, 0.15) is 5.00 Å². The van der Waals surface area contributed by atoms with Crippen molar-refractivity contribution in [3.05, 3.63) is 16.0 Å². The highest BCUT2D eigenvalue weighted by Gasteiger charge is 2.34. The third-order valence-electron chi connectivity index (χ3n) is 4.79. The quantitative estimate of drug-likeness (QED) is 0.853. The van der Waals surface area contributed by atoms with E-state index in [1.54, 1.807) is 11.3 Å². The van der Waals surface area contributed by atoms with Gasteiger partial charge in [-0.2, -0.15) is 0 Å². The number of carbonyl (C=O) groups excluding carboxylic acids is 1. The average molecular weight is 295 g/mol. The number of nitrogens with two attached hydrogens (primary N) is 1. The molecule has 20 heavy (non-hydrogen) atoms. The highest BCUT2D eigenvalue weighted by molar-refractivity contribution is 7.16. The van der Waals surface area contributed by atoms with Crippen molar-refractivity contribution < 1.29 is 9.53 Å². The summed E-state index contributed by atoms with van der Waals surface area (Å²) >= 11 is 1.58. The van der Waals surface area contributed by atoms with E-state index in [4.69, 9.17) is 10.5 Å². The van der Waals surface area contributed by atoms with Crippen LogP contribution in [0, 0.1) is 11.3 Å². The van der Waals surface area contributed by atoms with Gasteiger partial charge in [-0.15, -0.1) is 11.3 Å². The number of thiophene rings is 1. The molecule has 4 heteroatoms. The van der Waals surface area contributed by atoms with E-state index < -0.39 is 0 Å². The lowest BCUT2D eigenvalue weighted by atomic mass is 9.69. The number of hydrogen-bond acceptors (Lipinski definition) is 4. The Bertz CT molecular complexity index is 505. The van der Waals surface area contributed by atoms with Crippen LogP contribution >= 0.6 is 11.3 Å². The van der Waals surface area contributed by atoms with Crippen molar-refractivity contribution in [3.8, 4) is 0 Å². The van der Waals surface area contributed by atoms with Crippen molar-refractivity contribution in [3.63, 3.8) is 0 Å². The van der Waals surface area contributed by atoms with Crippen molar-refractivity contribution in [1.82, 2.24) is 0 Å². The molecule has 1 aromatic heterocycles. The summed E-state index contributed by atoms with van der Waals surface area (Å²) in [6.07, 6.45) is 4.31. The first kappa shape index (κ1) is 15.4. The minimum absolute atomic E-state index is 0.254. The van der Waals surface area contributed by atoms with E-state index in [0.29, 0.717) is 28.5 Å². The lowest BCUT2D eigenvalue weighted by Gasteiger charge is -2.36. The molecule has 1 aliphatic carbocycles. The molecule has 0 bridgehead atoms. The molecule has 112 valence electrons. The Hall–Kier alpha value is -1.03. The van der Waals surface area contributed by atoms with Crippen molar-refractivity contribution in [2.24, 2.45) is 11.3 Å². The van der Waals surface area contributed by atoms with Crippen LogP contribution in [0.5, 0.6) is 0 Å². The number of anilines is 1. The maximum absolute atomic E-state index is 12.0. The molecule has 1 aromatic rings. The van der Waals surface area contributed by atoms with Gasteiger partial charge in [-0.1, -0.05) is 27.2 Å². The second kappa shape index (κ2) is 5.76. The molecule has 1 aliphatic rings. The summed E-state index contributed by atoms with van der Waals surface area (Å²) in [6.45, 7) is 9.15. The number of fused-ring (bicyclic) bond motifs is 1. The summed E-state index contributed by atoms with van der Waals surface area (Å²) in [5.74, 6) is 0.420. The molecule has 0 fully saturated rings. The molecule has 0 amide bonds. The van der Waals surface area contributed by atoms with E-state index in [2.05, 4.69) is 20.8 Å². The molecule has 3 nitrogen and oxygen atoms in total. The summed E-state index contributed by atoms with van der Waals surface area (Å²) in [5.41, 5.74) is 8.19. The predicted molar refractivity (Wildman–Crippen MR) is 84.3 cm³/mol. The first-order chi connectivity index (χ1) is 9.40. The van der Waals surface area contributed by atoms with Crippen molar-refractivity contribution in [2.45, 2.75) is 53.4 Å². The summed E-state index contributed by atoms with van der Waals surface area (Å²) in [5, 5.41) is 0.628. The Morgan fingerprint density at radius 3 is 2.75 bits per heavy atom. The van der Waals surface area contributed by atoms with Gasteiger partial charge in [-0.05, 0) is 43.1 Å². The number of esters is 1. The monoisotopic (exact) mass is 295 g/mol. The smallest absolute Gasteiger partial charge is 0.341 e. The first-order valence-corrected chi connectivity index (χ1v) is 8.29. The number of carbonyl (C=O) groups is 1. The van der Waals surface area contributed by atoms with Gasteiger partial charge in [0.15, 0.2) is 0 Å². The van der Waals surface area contributed by atoms with E-state index >= 15 is 0 Å². The zero-order valence-electron chi connectivity index (χ0n) is 12.9. The zero-order valence-corrected chi connectivity index (χ0v) is 13.7. The van der Waals surface area contributed by atoms with E-state index in [0.717, 1.165) is 24.8 Å². The topological polar surface area (TPSA) is 52.3 Å². The molecule has 0 saturated carbocycles. The minimum Gasteiger partial charge on any atom is -0.462 e. The molecule has 0 saturated heterocycles. The maximum Gasteiger partial charge on any atom is 0.341 e. The molecule has 2 N–H and O–H groups in total. The average Bonchev–Trinajstić information content (AvgIpc) is 2.73. The van der Waals surface area contributed by atoms with Crippen molar-refractivity contribution >= 4 is 22.3 Å².